The van der Waals surface area contributed by atoms with Gasteiger partial charge in [-0.05, 0) is 60.7 Å². The summed E-state index contributed by atoms with van der Waals surface area (Å²) in [5.74, 6) is 0.885. The Morgan fingerprint density at radius 3 is 2.79 bits per heavy atom. The summed E-state index contributed by atoms with van der Waals surface area (Å²) in [5.41, 5.74) is 4.96. The zero-order valence-electron chi connectivity index (χ0n) is 13.5. The molecule has 3 aromatic rings. The van der Waals surface area contributed by atoms with E-state index in [2.05, 4.69) is 29.3 Å². The summed E-state index contributed by atoms with van der Waals surface area (Å²) in [6.45, 7) is 2.66. The molecule has 1 aliphatic carbocycles. The van der Waals surface area contributed by atoms with Crippen LogP contribution >= 0.6 is 11.3 Å². The van der Waals surface area contributed by atoms with Crippen molar-refractivity contribution >= 4 is 22.7 Å². The molecule has 120 valence electrons. The lowest BCUT2D eigenvalue weighted by Gasteiger charge is -2.13. The molecule has 2 aromatic carbocycles. The van der Waals surface area contributed by atoms with E-state index in [-0.39, 0.29) is 0 Å². The summed E-state index contributed by atoms with van der Waals surface area (Å²) in [7, 11) is 0. The second-order valence-corrected chi connectivity index (χ2v) is 6.67. The quantitative estimate of drug-likeness (QED) is 0.625. The maximum Gasteiger partial charge on any atom is 0.209 e. The van der Waals surface area contributed by atoms with Crippen LogP contribution in [0.25, 0.3) is 10.4 Å². The Balaban J connectivity index is 1.57. The van der Waals surface area contributed by atoms with Crippen LogP contribution in [0.3, 0.4) is 0 Å². The Hall–Kier alpha value is -2.46. The van der Waals surface area contributed by atoms with Gasteiger partial charge in [-0.2, -0.15) is 0 Å². The third kappa shape index (κ3) is 2.97. The van der Waals surface area contributed by atoms with Gasteiger partial charge in [0.2, 0.25) is 5.13 Å². The highest BCUT2D eigenvalue weighted by Crippen LogP contribution is 2.40. The van der Waals surface area contributed by atoms with E-state index in [1.165, 1.54) is 21.7 Å². The summed E-state index contributed by atoms with van der Waals surface area (Å²) in [6.07, 6.45) is 3.93. The summed E-state index contributed by atoms with van der Waals surface area (Å²) in [5, 5.41) is 0.825. The van der Waals surface area contributed by atoms with Crippen LogP contribution in [0, 0.1) is 0 Å². The van der Waals surface area contributed by atoms with E-state index in [1.54, 1.807) is 11.3 Å². The number of thiazole rings is 1. The molecule has 0 unspecified atom stereocenters. The minimum Gasteiger partial charge on any atom is -0.494 e. The number of hydrogen-bond acceptors (Lipinski definition) is 4. The van der Waals surface area contributed by atoms with Crippen molar-refractivity contribution in [2.24, 2.45) is 4.99 Å². The van der Waals surface area contributed by atoms with Crippen LogP contribution in [-0.2, 0) is 12.8 Å². The van der Waals surface area contributed by atoms with Crippen molar-refractivity contribution in [1.82, 2.24) is 4.98 Å². The van der Waals surface area contributed by atoms with E-state index in [4.69, 9.17) is 9.72 Å². The molecule has 1 aliphatic rings. The van der Waals surface area contributed by atoms with E-state index in [9.17, 15) is 0 Å². The van der Waals surface area contributed by atoms with Crippen molar-refractivity contribution in [3.63, 3.8) is 0 Å². The number of rotatable bonds is 4. The summed E-state index contributed by atoms with van der Waals surface area (Å²) in [6, 6.07) is 16.6. The first-order valence-electron chi connectivity index (χ1n) is 8.18. The number of nitrogens with zero attached hydrogens (tertiary/aromatic N) is 2. The molecule has 0 bridgehead atoms. The largest absolute Gasteiger partial charge is 0.494 e. The van der Waals surface area contributed by atoms with Gasteiger partial charge in [-0.25, -0.2) is 9.98 Å². The van der Waals surface area contributed by atoms with Crippen molar-refractivity contribution in [1.29, 1.82) is 0 Å². The van der Waals surface area contributed by atoms with Crippen LogP contribution in [0.4, 0.5) is 5.13 Å². The van der Waals surface area contributed by atoms with Gasteiger partial charge < -0.3 is 4.74 Å². The standard InChI is InChI=1S/C20H18N2OS/c1-2-23-16-10-7-14(8-11-16)13-21-20-22-18-12-9-15-5-3-4-6-17(15)19(18)24-20/h3-8,10-11,13H,2,9,12H2,1H3. The topological polar surface area (TPSA) is 34.5 Å². The number of benzene rings is 2. The smallest absolute Gasteiger partial charge is 0.209 e. The summed E-state index contributed by atoms with van der Waals surface area (Å²) >= 11 is 1.67. The van der Waals surface area contributed by atoms with Gasteiger partial charge in [-0.1, -0.05) is 35.6 Å². The fourth-order valence-corrected chi connectivity index (χ4v) is 3.95. The van der Waals surface area contributed by atoms with E-state index in [0.717, 1.165) is 29.3 Å². The minimum atomic E-state index is 0.680. The molecule has 0 aliphatic heterocycles. The van der Waals surface area contributed by atoms with E-state index in [0.29, 0.717) is 6.61 Å². The monoisotopic (exact) mass is 334 g/mol. The Kier molecular flexibility index (Phi) is 4.13. The Labute approximate surface area is 145 Å². The average molecular weight is 334 g/mol. The van der Waals surface area contributed by atoms with E-state index in [1.807, 2.05) is 37.4 Å². The van der Waals surface area contributed by atoms with Gasteiger partial charge in [0, 0.05) is 6.21 Å². The third-order valence-electron chi connectivity index (χ3n) is 4.09. The molecule has 0 amide bonds. The van der Waals surface area contributed by atoms with Crippen LogP contribution in [0.1, 0.15) is 23.7 Å². The number of hydrogen-bond donors (Lipinski definition) is 0. The van der Waals surface area contributed by atoms with Gasteiger partial charge in [0.25, 0.3) is 0 Å². The van der Waals surface area contributed by atoms with Crippen LogP contribution < -0.4 is 4.74 Å². The number of aliphatic imine (C=N–C) groups is 1. The number of aromatic nitrogens is 1. The van der Waals surface area contributed by atoms with Crippen molar-refractivity contribution < 1.29 is 4.74 Å². The van der Waals surface area contributed by atoms with E-state index < -0.39 is 0 Å². The highest BCUT2D eigenvalue weighted by atomic mass is 32.1. The highest BCUT2D eigenvalue weighted by Gasteiger charge is 2.19. The predicted octanol–water partition coefficient (Wildman–Crippen LogP) is 5.06. The first kappa shape index (κ1) is 15.1. The first-order chi connectivity index (χ1) is 11.8. The fraction of sp³-hybridized carbons (Fsp3) is 0.200. The van der Waals surface area contributed by atoms with Gasteiger partial charge in [0.15, 0.2) is 0 Å². The predicted molar refractivity (Wildman–Crippen MR) is 99.8 cm³/mol. The molecule has 1 heterocycles. The maximum atomic E-state index is 5.46. The van der Waals surface area contributed by atoms with Gasteiger partial charge in [-0.3, -0.25) is 0 Å². The lowest BCUT2D eigenvalue weighted by molar-refractivity contribution is 0.340. The van der Waals surface area contributed by atoms with Crippen molar-refractivity contribution in [3.05, 3.63) is 65.4 Å². The van der Waals surface area contributed by atoms with Gasteiger partial charge >= 0.3 is 0 Å². The summed E-state index contributed by atoms with van der Waals surface area (Å²) < 4.78 is 5.46. The molecule has 0 radical (unpaired) electrons. The molecule has 0 spiro atoms. The second kappa shape index (κ2) is 6.57. The van der Waals surface area contributed by atoms with Crippen molar-refractivity contribution in [2.45, 2.75) is 19.8 Å². The number of ether oxygens (including phenoxy) is 1. The molecule has 3 nitrogen and oxygen atoms in total. The SMILES string of the molecule is CCOc1ccc(C=Nc2nc3c(s2)-c2ccccc2CC3)cc1. The van der Waals surface area contributed by atoms with Crippen LogP contribution in [-0.4, -0.2) is 17.8 Å². The molecule has 0 atom stereocenters. The van der Waals surface area contributed by atoms with Gasteiger partial charge in [-0.15, -0.1) is 0 Å². The molecule has 1 aromatic heterocycles. The lowest BCUT2D eigenvalue weighted by Crippen LogP contribution is -2.01. The lowest BCUT2D eigenvalue weighted by atomic mass is 9.94. The van der Waals surface area contributed by atoms with Crippen LogP contribution in [0.2, 0.25) is 0 Å². The minimum absolute atomic E-state index is 0.680. The molecular weight excluding hydrogens is 316 g/mol. The van der Waals surface area contributed by atoms with Crippen LogP contribution in [0.15, 0.2) is 53.5 Å². The van der Waals surface area contributed by atoms with Crippen molar-refractivity contribution in [2.75, 3.05) is 6.61 Å². The zero-order chi connectivity index (χ0) is 16.4. The zero-order valence-corrected chi connectivity index (χ0v) is 14.3. The van der Waals surface area contributed by atoms with Gasteiger partial charge in [0.1, 0.15) is 5.75 Å². The third-order valence-corrected chi connectivity index (χ3v) is 5.13. The molecule has 24 heavy (non-hydrogen) atoms. The van der Waals surface area contributed by atoms with Crippen LogP contribution in [0.5, 0.6) is 5.75 Å². The second-order valence-electron chi connectivity index (χ2n) is 5.69. The summed E-state index contributed by atoms with van der Waals surface area (Å²) in [4.78, 5) is 10.6. The normalized spacial score (nSPS) is 12.9. The Morgan fingerprint density at radius 1 is 1.12 bits per heavy atom. The molecular formula is C20H18N2OS. The fourth-order valence-electron chi connectivity index (χ4n) is 2.93. The first-order valence-corrected chi connectivity index (χ1v) is 9.00. The molecule has 0 saturated carbocycles. The molecule has 0 saturated heterocycles. The Morgan fingerprint density at radius 2 is 1.96 bits per heavy atom. The highest BCUT2D eigenvalue weighted by molar-refractivity contribution is 7.18. The van der Waals surface area contributed by atoms with Crippen molar-refractivity contribution in [3.8, 4) is 16.2 Å². The van der Waals surface area contributed by atoms with Gasteiger partial charge in [0.05, 0.1) is 17.2 Å². The average Bonchev–Trinajstić information content (AvgIpc) is 3.05. The Bertz CT molecular complexity index is 881. The molecule has 0 fully saturated rings. The molecule has 0 N–H and O–H groups in total. The molecule has 4 heteroatoms. The van der Waals surface area contributed by atoms with E-state index >= 15 is 0 Å². The molecule has 4 rings (SSSR count). The maximum absolute atomic E-state index is 5.46. The number of aryl methyl sites for hydroxylation is 2. The number of fused-ring (bicyclic) bond motifs is 3.